The molecule has 0 unspecified atom stereocenters. The molecule has 3 rings (SSSR count). The molecule has 1 aliphatic rings. The van der Waals surface area contributed by atoms with E-state index in [0.29, 0.717) is 42.4 Å². The molecule has 0 atom stereocenters. The Balaban J connectivity index is 1.54. The summed E-state index contributed by atoms with van der Waals surface area (Å²) in [5.41, 5.74) is 0.457. The van der Waals surface area contributed by atoms with E-state index in [9.17, 15) is 9.90 Å². The molecule has 0 saturated carbocycles. The lowest BCUT2D eigenvalue weighted by Crippen LogP contribution is -2.45. The first-order valence-electron chi connectivity index (χ1n) is 7.79. The number of aromatic nitrogens is 1. The number of benzene rings is 1. The van der Waals surface area contributed by atoms with Crippen molar-refractivity contribution in [2.45, 2.75) is 32.0 Å². The van der Waals surface area contributed by atoms with Gasteiger partial charge in [-0.1, -0.05) is 28.9 Å². The highest BCUT2D eigenvalue weighted by atomic mass is 35.5. The van der Waals surface area contributed by atoms with Crippen molar-refractivity contribution in [3.8, 4) is 0 Å². The lowest BCUT2D eigenvalue weighted by atomic mass is 9.84. The van der Waals surface area contributed by atoms with Gasteiger partial charge in [-0.2, -0.15) is 0 Å². The van der Waals surface area contributed by atoms with E-state index in [1.807, 2.05) is 12.1 Å². The Morgan fingerprint density at radius 3 is 2.62 bits per heavy atom. The van der Waals surface area contributed by atoms with Crippen LogP contribution >= 0.6 is 11.6 Å². The van der Waals surface area contributed by atoms with Crippen LogP contribution in [0, 0.1) is 6.92 Å². The maximum absolute atomic E-state index is 12.1. The van der Waals surface area contributed by atoms with Crippen molar-refractivity contribution in [2.75, 3.05) is 13.1 Å². The molecule has 0 radical (unpaired) electrons. The van der Waals surface area contributed by atoms with Crippen LogP contribution in [0.2, 0.25) is 5.02 Å². The van der Waals surface area contributed by atoms with Crippen molar-refractivity contribution < 1.29 is 19.2 Å². The van der Waals surface area contributed by atoms with Crippen LogP contribution in [-0.2, 0) is 16.9 Å². The maximum atomic E-state index is 12.1. The van der Waals surface area contributed by atoms with E-state index < -0.39 is 11.7 Å². The van der Waals surface area contributed by atoms with E-state index in [2.05, 4.69) is 5.16 Å². The standard InChI is InChI=1S/C17H19ClN2O4/c1-12-10-15(19-24-12)11-23-16(21)20-8-6-17(22,7-9-20)13-2-4-14(18)5-3-13/h2-5,10,22H,6-9,11H2,1H3. The summed E-state index contributed by atoms with van der Waals surface area (Å²) in [6, 6.07) is 8.89. The highest BCUT2D eigenvalue weighted by Crippen LogP contribution is 2.33. The molecule has 1 aromatic carbocycles. The van der Waals surface area contributed by atoms with E-state index in [0.717, 1.165) is 5.56 Å². The number of hydrogen-bond donors (Lipinski definition) is 1. The highest BCUT2D eigenvalue weighted by molar-refractivity contribution is 6.30. The SMILES string of the molecule is Cc1cc(COC(=O)N2CCC(O)(c3ccc(Cl)cc3)CC2)no1. The zero-order valence-corrected chi connectivity index (χ0v) is 14.1. The molecule has 7 heteroatoms. The number of hydrogen-bond acceptors (Lipinski definition) is 5. The van der Waals surface area contributed by atoms with Gasteiger partial charge >= 0.3 is 6.09 Å². The molecule has 1 aliphatic heterocycles. The average molecular weight is 351 g/mol. The molecular weight excluding hydrogens is 332 g/mol. The fourth-order valence-electron chi connectivity index (χ4n) is 2.82. The van der Waals surface area contributed by atoms with Gasteiger partial charge in [0.05, 0.1) is 5.60 Å². The second kappa shape index (κ2) is 6.83. The van der Waals surface area contributed by atoms with E-state index in [1.54, 1.807) is 30.0 Å². The van der Waals surface area contributed by atoms with Crippen LogP contribution in [0.4, 0.5) is 4.79 Å². The quantitative estimate of drug-likeness (QED) is 0.919. The number of aryl methyl sites for hydroxylation is 1. The number of ether oxygens (including phenoxy) is 1. The first kappa shape index (κ1) is 16.8. The van der Waals surface area contributed by atoms with E-state index in [1.165, 1.54) is 0 Å². The van der Waals surface area contributed by atoms with E-state index >= 15 is 0 Å². The predicted molar refractivity (Wildman–Crippen MR) is 87.6 cm³/mol. The first-order chi connectivity index (χ1) is 11.5. The van der Waals surface area contributed by atoms with Crippen LogP contribution < -0.4 is 0 Å². The smallest absolute Gasteiger partial charge is 0.410 e. The summed E-state index contributed by atoms with van der Waals surface area (Å²) in [7, 11) is 0. The Kier molecular flexibility index (Phi) is 4.78. The number of halogens is 1. The first-order valence-corrected chi connectivity index (χ1v) is 8.16. The Morgan fingerprint density at radius 1 is 1.38 bits per heavy atom. The van der Waals surface area contributed by atoms with Crippen molar-refractivity contribution in [2.24, 2.45) is 0 Å². The van der Waals surface area contributed by atoms with Gasteiger partial charge < -0.3 is 19.3 Å². The molecule has 2 aromatic rings. The third-order valence-electron chi connectivity index (χ3n) is 4.25. The molecule has 1 aromatic heterocycles. The molecule has 2 heterocycles. The van der Waals surface area contributed by atoms with Crippen LogP contribution in [0.5, 0.6) is 0 Å². The summed E-state index contributed by atoms with van der Waals surface area (Å²) in [6.45, 7) is 2.71. The third-order valence-corrected chi connectivity index (χ3v) is 4.50. The van der Waals surface area contributed by atoms with Crippen molar-refractivity contribution in [3.05, 3.63) is 52.4 Å². The lowest BCUT2D eigenvalue weighted by molar-refractivity contribution is -0.0256. The number of piperidine rings is 1. The van der Waals surface area contributed by atoms with Gasteiger partial charge in [0.15, 0.2) is 0 Å². The van der Waals surface area contributed by atoms with E-state index in [4.69, 9.17) is 20.9 Å². The second-order valence-electron chi connectivity index (χ2n) is 6.01. The van der Waals surface area contributed by atoms with Crippen LogP contribution in [-0.4, -0.2) is 34.3 Å². The van der Waals surface area contributed by atoms with Gasteiger partial charge in [-0.25, -0.2) is 4.79 Å². The molecule has 128 valence electrons. The predicted octanol–water partition coefficient (Wildman–Crippen LogP) is 3.26. The molecular formula is C17H19ClN2O4. The van der Waals surface area contributed by atoms with Gasteiger partial charge in [-0.3, -0.25) is 0 Å². The normalized spacial score (nSPS) is 16.9. The van der Waals surface area contributed by atoms with Gasteiger partial charge in [0.2, 0.25) is 0 Å². The van der Waals surface area contributed by atoms with Crippen molar-refractivity contribution >= 4 is 17.7 Å². The van der Waals surface area contributed by atoms with Gasteiger partial charge in [0.25, 0.3) is 0 Å². The molecule has 0 bridgehead atoms. The molecule has 0 spiro atoms. The zero-order valence-electron chi connectivity index (χ0n) is 13.4. The van der Waals surface area contributed by atoms with Crippen LogP contribution in [0.3, 0.4) is 0 Å². The maximum Gasteiger partial charge on any atom is 0.410 e. The second-order valence-corrected chi connectivity index (χ2v) is 6.45. The average Bonchev–Trinajstić information content (AvgIpc) is 2.99. The number of carbonyl (C=O) groups is 1. The molecule has 1 amide bonds. The number of carbonyl (C=O) groups excluding carboxylic acids is 1. The van der Waals surface area contributed by atoms with Crippen LogP contribution in [0.15, 0.2) is 34.9 Å². The number of nitrogens with zero attached hydrogens (tertiary/aromatic N) is 2. The largest absolute Gasteiger partial charge is 0.443 e. The fourth-order valence-corrected chi connectivity index (χ4v) is 2.95. The number of likely N-dealkylation sites (tertiary alicyclic amines) is 1. The Bertz CT molecular complexity index is 706. The summed E-state index contributed by atoms with van der Waals surface area (Å²) in [4.78, 5) is 13.7. The van der Waals surface area contributed by atoms with Gasteiger partial charge in [0.1, 0.15) is 18.1 Å². The number of aliphatic hydroxyl groups is 1. The molecule has 1 N–H and O–H groups in total. The van der Waals surface area contributed by atoms with Crippen molar-refractivity contribution in [1.82, 2.24) is 10.1 Å². The van der Waals surface area contributed by atoms with Gasteiger partial charge in [-0.15, -0.1) is 0 Å². The Hall–Kier alpha value is -2.05. The van der Waals surface area contributed by atoms with Gasteiger partial charge in [-0.05, 0) is 37.5 Å². The fraction of sp³-hybridized carbons (Fsp3) is 0.412. The number of rotatable bonds is 3. The summed E-state index contributed by atoms with van der Waals surface area (Å²) < 4.78 is 10.2. The molecule has 1 fully saturated rings. The van der Waals surface area contributed by atoms with Crippen molar-refractivity contribution in [1.29, 1.82) is 0 Å². The summed E-state index contributed by atoms with van der Waals surface area (Å²) >= 11 is 5.88. The Labute approximate surface area is 144 Å². The minimum atomic E-state index is -0.940. The van der Waals surface area contributed by atoms with Crippen LogP contribution in [0.1, 0.15) is 29.9 Å². The monoisotopic (exact) mass is 350 g/mol. The molecule has 6 nitrogen and oxygen atoms in total. The third kappa shape index (κ3) is 3.71. The van der Waals surface area contributed by atoms with Gasteiger partial charge in [0, 0.05) is 24.2 Å². The topological polar surface area (TPSA) is 75.8 Å². The van der Waals surface area contributed by atoms with Crippen LogP contribution in [0.25, 0.3) is 0 Å². The summed E-state index contributed by atoms with van der Waals surface area (Å²) in [5.74, 6) is 0.673. The molecule has 0 aliphatic carbocycles. The van der Waals surface area contributed by atoms with Crippen molar-refractivity contribution in [3.63, 3.8) is 0 Å². The zero-order chi connectivity index (χ0) is 17.2. The lowest BCUT2D eigenvalue weighted by Gasteiger charge is -2.38. The molecule has 1 saturated heterocycles. The summed E-state index contributed by atoms with van der Waals surface area (Å²) in [6.07, 6.45) is 0.494. The highest BCUT2D eigenvalue weighted by Gasteiger charge is 2.35. The molecule has 24 heavy (non-hydrogen) atoms. The summed E-state index contributed by atoms with van der Waals surface area (Å²) in [5, 5.41) is 15.2. The minimum absolute atomic E-state index is 0.0775. The number of amides is 1. The Morgan fingerprint density at radius 2 is 2.04 bits per heavy atom. The van der Waals surface area contributed by atoms with E-state index in [-0.39, 0.29) is 6.61 Å². The minimum Gasteiger partial charge on any atom is -0.443 e.